The fourth-order valence-corrected chi connectivity index (χ4v) is 2.00. The number of ether oxygens (including phenoxy) is 1. The lowest BCUT2D eigenvalue weighted by Crippen LogP contribution is -2.23. The Morgan fingerprint density at radius 2 is 2.00 bits per heavy atom. The minimum atomic E-state index is -0.567. The standard InChI is InChI=1S/C16H18N2O4/c1-11-2-4-12(5-3-11)10-22-15-7-18(8-16(17)21)13(9-19)6-14(15)20/h2-7,19H,8-10H2,1H3,(H2,17,21). The number of nitrogens with zero attached hydrogens (tertiary/aromatic N) is 1. The van der Waals surface area contributed by atoms with Crippen molar-refractivity contribution in [2.45, 2.75) is 26.7 Å². The zero-order valence-corrected chi connectivity index (χ0v) is 12.3. The molecule has 0 atom stereocenters. The van der Waals surface area contributed by atoms with E-state index in [1.165, 1.54) is 16.8 Å². The van der Waals surface area contributed by atoms with E-state index in [1.54, 1.807) is 0 Å². The normalized spacial score (nSPS) is 10.5. The number of aliphatic hydroxyl groups is 1. The molecule has 0 aliphatic heterocycles. The number of nitrogens with two attached hydrogens (primary N) is 1. The number of benzene rings is 1. The van der Waals surface area contributed by atoms with Gasteiger partial charge in [0.25, 0.3) is 0 Å². The third-order valence-corrected chi connectivity index (χ3v) is 3.19. The van der Waals surface area contributed by atoms with E-state index < -0.39 is 5.91 Å². The van der Waals surface area contributed by atoms with E-state index in [1.807, 2.05) is 31.2 Å². The number of aryl methyl sites for hydroxylation is 1. The van der Waals surface area contributed by atoms with Crippen LogP contribution in [0.4, 0.5) is 0 Å². The van der Waals surface area contributed by atoms with Crippen molar-refractivity contribution in [1.82, 2.24) is 4.57 Å². The van der Waals surface area contributed by atoms with Crippen molar-refractivity contribution in [2.75, 3.05) is 0 Å². The monoisotopic (exact) mass is 302 g/mol. The van der Waals surface area contributed by atoms with Crippen molar-refractivity contribution < 1.29 is 14.6 Å². The number of amides is 1. The quantitative estimate of drug-likeness (QED) is 0.821. The van der Waals surface area contributed by atoms with Crippen LogP contribution in [0.1, 0.15) is 16.8 Å². The van der Waals surface area contributed by atoms with Crippen LogP contribution in [0.3, 0.4) is 0 Å². The molecular weight excluding hydrogens is 284 g/mol. The van der Waals surface area contributed by atoms with Crippen LogP contribution in [-0.2, 0) is 24.6 Å². The number of aromatic nitrogens is 1. The number of pyridine rings is 1. The van der Waals surface area contributed by atoms with Crippen LogP contribution < -0.4 is 15.9 Å². The van der Waals surface area contributed by atoms with Crippen LogP contribution in [0.5, 0.6) is 5.75 Å². The van der Waals surface area contributed by atoms with Crippen molar-refractivity contribution in [1.29, 1.82) is 0 Å². The molecule has 0 spiro atoms. The van der Waals surface area contributed by atoms with Crippen molar-refractivity contribution in [3.05, 3.63) is 63.6 Å². The molecule has 0 aliphatic rings. The van der Waals surface area contributed by atoms with Crippen LogP contribution >= 0.6 is 0 Å². The van der Waals surface area contributed by atoms with E-state index in [9.17, 15) is 14.7 Å². The molecule has 0 bridgehead atoms. The van der Waals surface area contributed by atoms with E-state index >= 15 is 0 Å². The maximum atomic E-state index is 11.9. The van der Waals surface area contributed by atoms with E-state index in [4.69, 9.17) is 10.5 Å². The van der Waals surface area contributed by atoms with Gasteiger partial charge in [0, 0.05) is 11.8 Å². The predicted molar refractivity (Wildman–Crippen MR) is 81.3 cm³/mol. The molecule has 1 heterocycles. The van der Waals surface area contributed by atoms with Gasteiger partial charge in [0.2, 0.25) is 11.3 Å². The highest BCUT2D eigenvalue weighted by atomic mass is 16.5. The zero-order chi connectivity index (χ0) is 16.1. The number of aliphatic hydroxyl groups excluding tert-OH is 1. The molecule has 22 heavy (non-hydrogen) atoms. The first-order chi connectivity index (χ1) is 10.5. The molecule has 3 N–H and O–H groups in total. The summed E-state index contributed by atoms with van der Waals surface area (Å²) in [5.74, 6) is -0.457. The maximum absolute atomic E-state index is 11.9. The molecule has 2 aromatic rings. The molecule has 0 fully saturated rings. The Morgan fingerprint density at radius 3 is 2.59 bits per heavy atom. The molecule has 0 saturated carbocycles. The summed E-state index contributed by atoms with van der Waals surface area (Å²) in [4.78, 5) is 23.0. The molecule has 0 radical (unpaired) electrons. The predicted octanol–water partition coefficient (Wildman–Crippen LogP) is 0.713. The number of hydrogen-bond donors (Lipinski definition) is 2. The maximum Gasteiger partial charge on any atom is 0.237 e. The highest BCUT2D eigenvalue weighted by Gasteiger charge is 2.09. The van der Waals surface area contributed by atoms with E-state index in [2.05, 4.69) is 0 Å². The summed E-state index contributed by atoms with van der Waals surface area (Å²) in [6.07, 6.45) is 1.40. The summed E-state index contributed by atoms with van der Waals surface area (Å²) in [6, 6.07) is 8.99. The first-order valence-electron chi connectivity index (χ1n) is 6.80. The summed E-state index contributed by atoms with van der Waals surface area (Å²) in [5, 5.41) is 9.23. The van der Waals surface area contributed by atoms with Gasteiger partial charge in [0.05, 0.1) is 12.8 Å². The number of primary amides is 1. The lowest BCUT2D eigenvalue weighted by molar-refractivity contribution is -0.118. The Hall–Kier alpha value is -2.60. The number of hydrogen-bond acceptors (Lipinski definition) is 4. The summed E-state index contributed by atoms with van der Waals surface area (Å²) in [7, 11) is 0. The molecule has 1 aromatic heterocycles. The lowest BCUT2D eigenvalue weighted by Gasteiger charge is -2.13. The number of rotatable bonds is 6. The smallest absolute Gasteiger partial charge is 0.237 e. The first-order valence-corrected chi connectivity index (χ1v) is 6.80. The minimum absolute atomic E-state index is 0.110. The Morgan fingerprint density at radius 1 is 1.32 bits per heavy atom. The van der Waals surface area contributed by atoms with Gasteiger partial charge in [-0.2, -0.15) is 0 Å². The van der Waals surface area contributed by atoms with Crippen LogP contribution in [0, 0.1) is 6.92 Å². The van der Waals surface area contributed by atoms with Gasteiger partial charge >= 0.3 is 0 Å². The molecule has 6 nitrogen and oxygen atoms in total. The molecule has 1 amide bonds. The van der Waals surface area contributed by atoms with Gasteiger partial charge in [-0.1, -0.05) is 29.8 Å². The molecule has 0 unspecified atom stereocenters. The van der Waals surface area contributed by atoms with Gasteiger partial charge in [0.1, 0.15) is 13.2 Å². The van der Waals surface area contributed by atoms with Crippen molar-refractivity contribution in [3.63, 3.8) is 0 Å². The lowest BCUT2D eigenvalue weighted by atomic mass is 10.2. The average molecular weight is 302 g/mol. The molecule has 0 aliphatic carbocycles. The van der Waals surface area contributed by atoms with Crippen molar-refractivity contribution in [2.24, 2.45) is 5.73 Å². The van der Waals surface area contributed by atoms with Gasteiger partial charge in [-0.05, 0) is 12.5 Å². The zero-order valence-electron chi connectivity index (χ0n) is 12.3. The second-order valence-electron chi connectivity index (χ2n) is 5.02. The molecule has 116 valence electrons. The Balaban J connectivity index is 2.21. The molecule has 0 saturated heterocycles. The number of carbonyl (C=O) groups is 1. The first kappa shape index (κ1) is 15.8. The topological polar surface area (TPSA) is 94.6 Å². The third kappa shape index (κ3) is 3.95. The fraction of sp³-hybridized carbons (Fsp3) is 0.250. The largest absolute Gasteiger partial charge is 0.483 e. The summed E-state index contributed by atoms with van der Waals surface area (Å²) < 4.78 is 6.93. The molecule has 2 rings (SSSR count). The Kier molecular flexibility index (Phi) is 4.95. The van der Waals surface area contributed by atoms with Gasteiger partial charge < -0.3 is 20.1 Å². The molecule has 6 heteroatoms. The van der Waals surface area contributed by atoms with Crippen LogP contribution in [0.15, 0.2) is 41.3 Å². The third-order valence-electron chi connectivity index (χ3n) is 3.19. The Labute approximate surface area is 127 Å². The van der Waals surface area contributed by atoms with Crippen molar-refractivity contribution >= 4 is 5.91 Å². The van der Waals surface area contributed by atoms with Crippen molar-refractivity contribution in [3.8, 4) is 5.75 Å². The van der Waals surface area contributed by atoms with Crippen LogP contribution in [0.25, 0.3) is 0 Å². The second kappa shape index (κ2) is 6.91. The second-order valence-corrected chi connectivity index (χ2v) is 5.02. The highest BCUT2D eigenvalue weighted by molar-refractivity contribution is 5.73. The Bertz CT molecular complexity index is 720. The van der Waals surface area contributed by atoms with E-state index in [-0.39, 0.29) is 30.9 Å². The SMILES string of the molecule is Cc1ccc(COc2cn(CC(N)=O)c(CO)cc2=O)cc1. The van der Waals surface area contributed by atoms with Crippen LogP contribution in [-0.4, -0.2) is 15.6 Å². The van der Waals surface area contributed by atoms with Crippen LogP contribution in [0.2, 0.25) is 0 Å². The summed E-state index contributed by atoms with van der Waals surface area (Å²) in [5.41, 5.74) is 7.18. The van der Waals surface area contributed by atoms with Gasteiger partial charge in [-0.3, -0.25) is 9.59 Å². The molecule has 1 aromatic carbocycles. The van der Waals surface area contributed by atoms with E-state index in [0.29, 0.717) is 5.69 Å². The van der Waals surface area contributed by atoms with Gasteiger partial charge in [0.15, 0.2) is 5.75 Å². The summed E-state index contributed by atoms with van der Waals surface area (Å²) >= 11 is 0. The van der Waals surface area contributed by atoms with Gasteiger partial charge in [-0.15, -0.1) is 0 Å². The average Bonchev–Trinajstić information content (AvgIpc) is 2.48. The van der Waals surface area contributed by atoms with Gasteiger partial charge in [-0.25, -0.2) is 0 Å². The minimum Gasteiger partial charge on any atom is -0.483 e. The van der Waals surface area contributed by atoms with E-state index in [0.717, 1.165) is 11.1 Å². The number of carbonyl (C=O) groups excluding carboxylic acids is 1. The summed E-state index contributed by atoms with van der Waals surface area (Å²) in [6.45, 7) is 1.74. The fourth-order valence-electron chi connectivity index (χ4n) is 2.00. The molecular formula is C16H18N2O4. The highest BCUT2D eigenvalue weighted by Crippen LogP contribution is 2.11.